The number of hydrogen-bond donors (Lipinski definition) is 1. The lowest BCUT2D eigenvalue weighted by Gasteiger charge is -2.39. The highest BCUT2D eigenvalue weighted by Gasteiger charge is 2.25. The minimum atomic E-state index is 0.0530. The van der Waals surface area contributed by atoms with E-state index in [-0.39, 0.29) is 5.91 Å². The Labute approximate surface area is 150 Å². The van der Waals surface area contributed by atoms with E-state index in [2.05, 4.69) is 27.1 Å². The molecule has 2 heterocycles. The quantitative estimate of drug-likeness (QED) is 0.810. The summed E-state index contributed by atoms with van der Waals surface area (Å²) in [5.41, 5.74) is 0. The number of nitrogens with one attached hydrogen (secondary N) is 1. The summed E-state index contributed by atoms with van der Waals surface area (Å²) in [6, 6.07) is 2.79. The van der Waals surface area contributed by atoms with E-state index in [1.165, 1.54) is 12.8 Å². The molecule has 0 bridgehead atoms. The maximum Gasteiger partial charge on any atom is 0.239 e. The van der Waals surface area contributed by atoms with Crippen LogP contribution in [0.3, 0.4) is 0 Å². The van der Waals surface area contributed by atoms with E-state index < -0.39 is 0 Å². The summed E-state index contributed by atoms with van der Waals surface area (Å²) >= 11 is 0. The van der Waals surface area contributed by atoms with Gasteiger partial charge in [-0.15, -0.1) is 0 Å². The van der Waals surface area contributed by atoms with Crippen molar-refractivity contribution in [3.63, 3.8) is 0 Å². The molecular formula is C18H31N5O2. The van der Waals surface area contributed by atoms with Gasteiger partial charge in [0.15, 0.2) is 0 Å². The van der Waals surface area contributed by atoms with Crippen LogP contribution in [-0.2, 0) is 9.53 Å². The SMILES string of the molecule is COCCN1CCN(CC(=O)Nc2ccnn2C2CCCC2)CC1C. The fourth-order valence-electron chi connectivity index (χ4n) is 3.99. The van der Waals surface area contributed by atoms with Crippen LogP contribution in [0.5, 0.6) is 0 Å². The Morgan fingerprint density at radius 3 is 2.88 bits per heavy atom. The molecule has 1 saturated carbocycles. The second kappa shape index (κ2) is 8.78. The first-order valence-corrected chi connectivity index (χ1v) is 9.46. The monoisotopic (exact) mass is 349 g/mol. The van der Waals surface area contributed by atoms with E-state index in [0.717, 1.165) is 51.4 Å². The number of carbonyl (C=O) groups excluding carboxylic acids is 1. The number of methoxy groups -OCH3 is 1. The van der Waals surface area contributed by atoms with E-state index in [0.29, 0.717) is 18.6 Å². The molecule has 1 aromatic heterocycles. The fraction of sp³-hybridized carbons (Fsp3) is 0.778. The van der Waals surface area contributed by atoms with Gasteiger partial charge in [-0.1, -0.05) is 12.8 Å². The van der Waals surface area contributed by atoms with Crippen LogP contribution in [0.1, 0.15) is 38.6 Å². The molecule has 2 aliphatic rings. The van der Waals surface area contributed by atoms with Crippen molar-refractivity contribution in [3.05, 3.63) is 12.3 Å². The molecule has 7 nitrogen and oxygen atoms in total. The number of ether oxygens (including phenoxy) is 1. The lowest BCUT2D eigenvalue weighted by atomic mass is 10.2. The van der Waals surface area contributed by atoms with Gasteiger partial charge >= 0.3 is 0 Å². The third-order valence-corrected chi connectivity index (χ3v) is 5.41. The molecule has 0 spiro atoms. The molecule has 1 amide bonds. The molecule has 1 N–H and O–H groups in total. The van der Waals surface area contributed by atoms with E-state index in [1.807, 2.05) is 10.7 Å². The molecule has 0 radical (unpaired) electrons. The van der Waals surface area contributed by atoms with E-state index in [1.54, 1.807) is 13.3 Å². The Balaban J connectivity index is 1.48. The van der Waals surface area contributed by atoms with Gasteiger partial charge in [-0.3, -0.25) is 14.6 Å². The van der Waals surface area contributed by atoms with Crippen LogP contribution in [0, 0.1) is 0 Å². The van der Waals surface area contributed by atoms with E-state index >= 15 is 0 Å². The molecular weight excluding hydrogens is 318 g/mol. The third kappa shape index (κ3) is 4.80. The van der Waals surface area contributed by atoms with Crippen molar-refractivity contribution >= 4 is 11.7 Å². The number of aromatic nitrogens is 2. The molecule has 3 rings (SSSR count). The first kappa shape index (κ1) is 18.4. The first-order valence-electron chi connectivity index (χ1n) is 9.46. The van der Waals surface area contributed by atoms with Gasteiger partial charge in [-0.2, -0.15) is 5.10 Å². The maximum absolute atomic E-state index is 12.5. The predicted octanol–water partition coefficient (Wildman–Crippen LogP) is 1.59. The highest BCUT2D eigenvalue weighted by Crippen LogP contribution is 2.31. The summed E-state index contributed by atoms with van der Waals surface area (Å²) in [6.45, 7) is 7.20. The van der Waals surface area contributed by atoms with Gasteiger partial charge < -0.3 is 10.1 Å². The lowest BCUT2D eigenvalue weighted by Crippen LogP contribution is -2.54. The average molecular weight is 349 g/mol. The number of anilines is 1. The first-order chi connectivity index (χ1) is 12.2. The zero-order valence-electron chi connectivity index (χ0n) is 15.5. The van der Waals surface area contributed by atoms with Crippen LogP contribution in [0.15, 0.2) is 12.3 Å². The van der Waals surface area contributed by atoms with Gasteiger partial charge in [-0.25, -0.2) is 4.68 Å². The highest BCUT2D eigenvalue weighted by molar-refractivity contribution is 5.91. The van der Waals surface area contributed by atoms with Gasteiger partial charge in [0.05, 0.1) is 25.4 Å². The van der Waals surface area contributed by atoms with Crippen LogP contribution >= 0.6 is 0 Å². The number of rotatable bonds is 7. The number of nitrogens with zero attached hydrogens (tertiary/aromatic N) is 4. The molecule has 25 heavy (non-hydrogen) atoms. The molecule has 1 atom stereocenters. The van der Waals surface area contributed by atoms with Crippen molar-refractivity contribution in [1.82, 2.24) is 19.6 Å². The summed E-state index contributed by atoms with van der Waals surface area (Å²) in [5.74, 6) is 0.890. The van der Waals surface area contributed by atoms with Crippen molar-refractivity contribution in [3.8, 4) is 0 Å². The van der Waals surface area contributed by atoms with E-state index in [9.17, 15) is 4.79 Å². The third-order valence-electron chi connectivity index (χ3n) is 5.41. The van der Waals surface area contributed by atoms with Crippen LogP contribution in [0.4, 0.5) is 5.82 Å². The van der Waals surface area contributed by atoms with Gasteiger partial charge in [0.2, 0.25) is 5.91 Å². The maximum atomic E-state index is 12.5. The summed E-state index contributed by atoms with van der Waals surface area (Å²) in [6.07, 6.45) is 6.61. The van der Waals surface area contributed by atoms with Crippen molar-refractivity contribution in [2.75, 3.05) is 51.8 Å². The molecule has 7 heteroatoms. The Morgan fingerprint density at radius 1 is 1.36 bits per heavy atom. The number of amides is 1. The Kier molecular flexibility index (Phi) is 6.45. The zero-order chi connectivity index (χ0) is 17.6. The van der Waals surface area contributed by atoms with Gasteiger partial charge in [-0.05, 0) is 19.8 Å². The molecule has 1 aromatic rings. The van der Waals surface area contributed by atoms with Crippen molar-refractivity contribution in [1.29, 1.82) is 0 Å². The smallest absolute Gasteiger partial charge is 0.239 e. The number of hydrogen-bond acceptors (Lipinski definition) is 5. The summed E-state index contributed by atoms with van der Waals surface area (Å²) in [4.78, 5) is 17.1. The van der Waals surface area contributed by atoms with Crippen LogP contribution < -0.4 is 5.32 Å². The minimum Gasteiger partial charge on any atom is -0.383 e. The predicted molar refractivity (Wildman–Crippen MR) is 97.7 cm³/mol. The summed E-state index contributed by atoms with van der Waals surface area (Å²) in [7, 11) is 1.74. The molecule has 1 saturated heterocycles. The molecule has 2 fully saturated rings. The van der Waals surface area contributed by atoms with Crippen LogP contribution in [-0.4, -0.2) is 78.0 Å². The Bertz CT molecular complexity index is 555. The summed E-state index contributed by atoms with van der Waals surface area (Å²) < 4.78 is 7.16. The van der Waals surface area contributed by atoms with Crippen molar-refractivity contribution < 1.29 is 9.53 Å². The van der Waals surface area contributed by atoms with Gasteiger partial charge in [0.25, 0.3) is 0 Å². The van der Waals surface area contributed by atoms with Crippen LogP contribution in [0.25, 0.3) is 0 Å². The highest BCUT2D eigenvalue weighted by atomic mass is 16.5. The van der Waals surface area contributed by atoms with Gasteiger partial charge in [0, 0.05) is 45.4 Å². The van der Waals surface area contributed by atoms with Gasteiger partial charge in [0.1, 0.15) is 5.82 Å². The minimum absolute atomic E-state index is 0.0530. The molecule has 1 aliphatic carbocycles. The largest absolute Gasteiger partial charge is 0.383 e. The number of carbonyl (C=O) groups is 1. The molecule has 1 unspecified atom stereocenters. The Morgan fingerprint density at radius 2 is 2.16 bits per heavy atom. The molecule has 140 valence electrons. The second-order valence-corrected chi connectivity index (χ2v) is 7.26. The average Bonchev–Trinajstić information content (AvgIpc) is 3.25. The standard InChI is InChI=1S/C18H31N5O2/c1-15-13-21(9-10-22(15)11-12-25-2)14-18(24)20-17-7-8-19-23(17)16-5-3-4-6-16/h7-8,15-16H,3-6,9-14H2,1-2H3,(H,20,24). The zero-order valence-corrected chi connectivity index (χ0v) is 15.5. The lowest BCUT2D eigenvalue weighted by molar-refractivity contribution is -0.118. The normalized spacial score (nSPS) is 23.2. The number of piperazine rings is 1. The topological polar surface area (TPSA) is 62.6 Å². The van der Waals surface area contributed by atoms with Crippen molar-refractivity contribution in [2.45, 2.75) is 44.7 Å². The summed E-state index contributed by atoms with van der Waals surface area (Å²) in [5, 5.41) is 7.48. The Hall–Kier alpha value is -1.44. The second-order valence-electron chi connectivity index (χ2n) is 7.26. The van der Waals surface area contributed by atoms with Crippen LogP contribution in [0.2, 0.25) is 0 Å². The fourth-order valence-corrected chi connectivity index (χ4v) is 3.99. The van der Waals surface area contributed by atoms with Crippen molar-refractivity contribution in [2.24, 2.45) is 0 Å². The molecule has 1 aliphatic heterocycles. The molecule has 0 aromatic carbocycles. The van der Waals surface area contributed by atoms with E-state index in [4.69, 9.17) is 4.74 Å².